The molecule has 4 nitrogen and oxygen atoms in total. The normalized spacial score (nSPS) is 32.8. The van der Waals surface area contributed by atoms with Crippen molar-refractivity contribution in [3.05, 3.63) is 0 Å². The van der Waals surface area contributed by atoms with Crippen LogP contribution in [0.1, 0.15) is 26.2 Å². The van der Waals surface area contributed by atoms with Gasteiger partial charge in [0.2, 0.25) is 11.8 Å². The van der Waals surface area contributed by atoms with E-state index in [0.717, 1.165) is 6.42 Å². The molecule has 0 aromatic rings. The van der Waals surface area contributed by atoms with Crippen LogP contribution in [0.2, 0.25) is 0 Å². The van der Waals surface area contributed by atoms with Crippen molar-refractivity contribution in [3.63, 3.8) is 0 Å². The molecule has 2 aliphatic heterocycles. The van der Waals surface area contributed by atoms with E-state index in [-0.39, 0.29) is 24.0 Å². The van der Waals surface area contributed by atoms with Crippen LogP contribution in [0.5, 0.6) is 0 Å². The largest absolute Gasteiger partial charge is 0.368 e. The molecule has 2 saturated heterocycles. The standard InChI is InChI=1S/C9H13NO3/c1-2-6-7(13-6)5-10-8(11)3-4-9(10)12/h6-7H,2-5H2,1H3. The van der Waals surface area contributed by atoms with Gasteiger partial charge in [0.15, 0.2) is 0 Å². The van der Waals surface area contributed by atoms with E-state index in [1.54, 1.807) is 0 Å². The topological polar surface area (TPSA) is 49.9 Å². The zero-order valence-corrected chi connectivity index (χ0v) is 7.66. The van der Waals surface area contributed by atoms with Crippen LogP contribution in [0, 0.1) is 0 Å². The zero-order chi connectivity index (χ0) is 9.42. The molecule has 2 rings (SSSR count). The van der Waals surface area contributed by atoms with Crippen molar-refractivity contribution in [2.45, 2.75) is 38.4 Å². The van der Waals surface area contributed by atoms with Gasteiger partial charge in [0.25, 0.3) is 0 Å². The van der Waals surface area contributed by atoms with E-state index in [9.17, 15) is 9.59 Å². The molecule has 72 valence electrons. The fraction of sp³-hybridized carbons (Fsp3) is 0.778. The number of carbonyl (C=O) groups excluding carboxylic acids is 2. The predicted molar refractivity (Wildman–Crippen MR) is 44.9 cm³/mol. The molecule has 2 fully saturated rings. The van der Waals surface area contributed by atoms with Crippen molar-refractivity contribution in [1.82, 2.24) is 4.90 Å². The fourth-order valence-corrected chi connectivity index (χ4v) is 1.71. The van der Waals surface area contributed by atoms with Crippen LogP contribution >= 0.6 is 0 Å². The van der Waals surface area contributed by atoms with Gasteiger partial charge in [0, 0.05) is 12.8 Å². The van der Waals surface area contributed by atoms with Gasteiger partial charge in [-0.1, -0.05) is 6.92 Å². The molecular weight excluding hydrogens is 170 g/mol. The first-order valence-electron chi connectivity index (χ1n) is 4.71. The Morgan fingerprint density at radius 1 is 1.31 bits per heavy atom. The molecule has 0 spiro atoms. The van der Waals surface area contributed by atoms with Crippen LogP contribution in [0.15, 0.2) is 0 Å². The third-order valence-corrected chi connectivity index (χ3v) is 2.61. The van der Waals surface area contributed by atoms with Gasteiger partial charge < -0.3 is 4.74 Å². The van der Waals surface area contributed by atoms with Crippen LogP contribution in [-0.4, -0.2) is 35.5 Å². The molecule has 13 heavy (non-hydrogen) atoms. The SMILES string of the molecule is CCC1OC1CN1C(=O)CCC1=O. The highest BCUT2D eigenvalue weighted by atomic mass is 16.6. The van der Waals surface area contributed by atoms with Crippen molar-refractivity contribution in [2.24, 2.45) is 0 Å². The molecule has 0 aromatic heterocycles. The molecule has 2 heterocycles. The summed E-state index contributed by atoms with van der Waals surface area (Å²) in [5, 5.41) is 0. The summed E-state index contributed by atoms with van der Waals surface area (Å²) in [6.45, 7) is 2.51. The third-order valence-electron chi connectivity index (χ3n) is 2.61. The Kier molecular flexibility index (Phi) is 2.07. The molecule has 0 aliphatic carbocycles. The van der Waals surface area contributed by atoms with Gasteiger partial charge in [-0.05, 0) is 6.42 Å². The second-order valence-electron chi connectivity index (χ2n) is 3.52. The Hall–Kier alpha value is -0.900. The highest BCUT2D eigenvalue weighted by Gasteiger charge is 2.42. The van der Waals surface area contributed by atoms with Gasteiger partial charge in [-0.3, -0.25) is 14.5 Å². The summed E-state index contributed by atoms with van der Waals surface area (Å²) >= 11 is 0. The molecule has 2 aliphatic rings. The van der Waals surface area contributed by atoms with E-state index >= 15 is 0 Å². The van der Waals surface area contributed by atoms with Crippen LogP contribution in [0.4, 0.5) is 0 Å². The van der Waals surface area contributed by atoms with Gasteiger partial charge in [-0.15, -0.1) is 0 Å². The number of amides is 2. The molecule has 2 amide bonds. The van der Waals surface area contributed by atoms with E-state index in [2.05, 4.69) is 0 Å². The molecule has 0 saturated carbocycles. The summed E-state index contributed by atoms with van der Waals surface area (Å²) in [7, 11) is 0. The van der Waals surface area contributed by atoms with E-state index in [1.807, 2.05) is 6.92 Å². The number of hydrogen-bond donors (Lipinski definition) is 0. The number of imide groups is 1. The second kappa shape index (κ2) is 3.10. The molecule has 0 N–H and O–H groups in total. The summed E-state index contributed by atoms with van der Waals surface area (Å²) < 4.78 is 5.28. The molecular formula is C9H13NO3. The zero-order valence-electron chi connectivity index (χ0n) is 7.66. The quantitative estimate of drug-likeness (QED) is 0.467. The number of nitrogens with zero attached hydrogens (tertiary/aromatic N) is 1. The van der Waals surface area contributed by atoms with Crippen molar-refractivity contribution < 1.29 is 14.3 Å². The number of likely N-dealkylation sites (tertiary alicyclic amines) is 1. The Balaban J connectivity index is 1.88. The lowest BCUT2D eigenvalue weighted by Gasteiger charge is -2.10. The smallest absolute Gasteiger partial charge is 0.229 e. The van der Waals surface area contributed by atoms with Gasteiger partial charge in [-0.25, -0.2) is 0 Å². The number of epoxide rings is 1. The third kappa shape index (κ3) is 1.58. The average Bonchev–Trinajstić information content (AvgIpc) is 2.81. The molecule has 0 aromatic carbocycles. The maximum Gasteiger partial charge on any atom is 0.229 e. The van der Waals surface area contributed by atoms with Gasteiger partial charge in [-0.2, -0.15) is 0 Å². The minimum atomic E-state index is -0.0460. The second-order valence-corrected chi connectivity index (χ2v) is 3.52. The first-order chi connectivity index (χ1) is 6.22. The monoisotopic (exact) mass is 183 g/mol. The van der Waals surface area contributed by atoms with Crippen molar-refractivity contribution in [3.8, 4) is 0 Å². The lowest BCUT2D eigenvalue weighted by Crippen LogP contribution is -2.33. The van der Waals surface area contributed by atoms with Crippen LogP contribution in [0.25, 0.3) is 0 Å². The van der Waals surface area contributed by atoms with Crippen molar-refractivity contribution >= 4 is 11.8 Å². The van der Waals surface area contributed by atoms with Crippen molar-refractivity contribution in [2.75, 3.05) is 6.54 Å². The van der Waals surface area contributed by atoms with Crippen LogP contribution < -0.4 is 0 Å². The molecule has 4 heteroatoms. The highest BCUT2D eigenvalue weighted by Crippen LogP contribution is 2.27. The van der Waals surface area contributed by atoms with Crippen molar-refractivity contribution in [1.29, 1.82) is 0 Å². The number of ether oxygens (including phenoxy) is 1. The molecule has 2 atom stereocenters. The Bertz CT molecular complexity index is 235. The Labute approximate surface area is 76.8 Å². The fourth-order valence-electron chi connectivity index (χ4n) is 1.71. The van der Waals surface area contributed by atoms with Gasteiger partial charge in [0.1, 0.15) is 6.10 Å². The average molecular weight is 183 g/mol. The van der Waals surface area contributed by atoms with E-state index < -0.39 is 0 Å². The minimum Gasteiger partial charge on any atom is -0.368 e. The summed E-state index contributed by atoms with van der Waals surface area (Å²) in [5.74, 6) is -0.0919. The lowest BCUT2D eigenvalue weighted by molar-refractivity contribution is -0.138. The minimum absolute atomic E-state index is 0.0460. The number of hydrogen-bond acceptors (Lipinski definition) is 3. The lowest BCUT2D eigenvalue weighted by atomic mass is 10.2. The maximum absolute atomic E-state index is 11.2. The molecule has 0 radical (unpaired) electrons. The van der Waals surface area contributed by atoms with E-state index in [1.165, 1.54) is 4.90 Å². The molecule has 0 bridgehead atoms. The first kappa shape index (κ1) is 8.69. The number of rotatable bonds is 3. The van der Waals surface area contributed by atoms with E-state index in [4.69, 9.17) is 4.74 Å². The number of carbonyl (C=O) groups is 2. The van der Waals surface area contributed by atoms with Crippen LogP contribution in [-0.2, 0) is 14.3 Å². The highest BCUT2D eigenvalue weighted by molar-refractivity contribution is 6.01. The summed E-state index contributed by atoms with van der Waals surface area (Å²) in [4.78, 5) is 23.7. The maximum atomic E-state index is 11.2. The Morgan fingerprint density at radius 2 is 1.92 bits per heavy atom. The van der Waals surface area contributed by atoms with E-state index in [0.29, 0.717) is 19.4 Å². The summed E-state index contributed by atoms with van der Waals surface area (Å²) in [6.07, 6.45) is 2.09. The first-order valence-corrected chi connectivity index (χ1v) is 4.71. The predicted octanol–water partition coefficient (Wildman–Crippen LogP) is 0.313. The summed E-state index contributed by atoms with van der Waals surface area (Å²) in [5.41, 5.74) is 0. The molecule has 2 unspecified atom stereocenters. The van der Waals surface area contributed by atoms with Gasteiger partial charge in [0.05, 0.1) is 12.6 Å². The Morgan fingerprint density at radius 3 is 2.38 bits per heavy atom. The van der Waals surface area contributed by atoms with Crippen LogP contribution in [0.3, 0.4) is 0 Å². The summed E-state index contributed by atoms with van der Waals surface area (Å²) in [6, 6.07) is 0. The van der Waals surface area contributed by atoms with Gasteiger partial charge >= 0.3 is 0 Å².